The number of nitrogens with zero attached hydrogens (tertiary/aromatic N) is 1. The van der Waals surface area contributed by atoms with Gasteiger partial charge in [-0.25, -0.2) is 0 Å². The molecule has 1 fully saturated rings. The number of pyridine rings is 1. The molecule has 17 heavy (non-hydrogen) atoms. The number of rotatable bonds is 2. The third kappa shape index (κ3) is 1.88. The van der Waals surface area contributed by atoms with Crippen LogP contribution in [0.25, 0.3) is 10.9 Å². The molecule has 3 heteroatoms. The van der Waals surface area contributed by atoms with Crippen molar-refractivity contribution < 1.29 is 4.79 Å². The van der Waals surface area contributed by atoms with Crippen molar-refractivity contribution >= 4 is 22.5 Å². The molecule has 0 spiro atoms. The van der Waals surface area contributed by atoms with Gasteiger partial charge in [0.25, 0.3) is 0 Å². The third-order valence-corrected chi connectivity index (χ3v) is 3.38. The van der Waals surface area contributed by atoms with Crippen LogP contribution in [0.15, 0.2) is 36.5 Å². The number of aromatic nitrogens is 1. The molecule has 0 radical (unpaired) electrons. The number of carbonyl (C=O) groups excluding carboxylic acids is 1. The van der Waals surface area contributed by atoms with Crippen LogP contribution >= 0.6 is 0 Å². The zero-order chi connectivity index (χ0) is 11.7. The van der Waals surface area contributed by atoms with Crippen molar-refractivity contribution in [2.45, 2.75) is 19.3 Å². The molecule has 0 atom stereocenters. The van der Waals surface area contributed by atoms with Crippen LogP contribution in [-0.2, 0) is 4.79 Å². The van der Waals surface area contributed by atoms with Crippen molar-refractivity contribution in [1.29, 1.82) is 0 Å². The number of fused-ring (bicyclic) bond motifs is 1. The number of carbonyl (C=O) groups is 1. The van der Waals surface area contributed by atoms with Crippen molar-refractivity contribution in [2.75, 3.05) is 5.32 Å². The van der Waals surface area contributed by atoms with Crippen LogP contribution in [-0.4, -0.2) is 10.9 Å². The number of hydrogen-bond acceptors (Lipinski definition) is 2. The first-order valence-electron chi connectivity index (χ1n) is 5.99. The van der Waals surface area contributed by atoms with E-state index in [0.717, 1.165) is 29.4 Å². The Kier molecular flexibility index (Phi) is 2.52. The zero-order valence-electron chi connectivity index (χ0n) is 9.52. The Bertz CT molecular complexity index is 556. The first-order chi connectivity index (χ1) is 8.34. The maximum absolute atomic E-state index is 11.9. The Morgan fingerprint density at radius 1 is 1.24 bits per heavy atom. The van der Waals surface area contributed by atoms with Gasteiger partial charge in [0, 0.05) is 17.5 Å². The summed E-state index contributed by atoms with van der Waals surface area (Å²) in [6, 6.07) is 9.68. The summed E-state index contributed by atoms with van der Waals surface area (Å²) in [7, 11) is 0. The number of hydrogen-bond donors (Lipinski definition) is 1. The van der Waals surface area contributed by atoms with Gasteiger partial charge in [-0.1, -0.05) is 12.5 Å². The molecule has 1 aromatic heterocycles. The lowest BCUT2D eigenvalue weighted by atomic mass is 9.85. The summed E-state index contributed by atoms with van der Waals surface area (Å²) in [5.74, 6) is 0.356. The molecule has 0 aliphatic heterocycles. The summed E-state index contributed by atoms with van der Waals surface area (Å²) in [6.07, 6.45) is 4.98. The van der Waals surface area contributed by atoms with Crippen molar-refractivity contribution in [1.82, 2.24) is 4.98 Å². The van der Waals surface area contributed by atoms with E-state index in [-0.39, 0.29) is 11.8 Å². The van der Waals surface area contributed by atoms with Gasteiger partial charge in [0.15, 0.2) is 0 Å². The van der Waals surface area contributed by atoms with Crippen LogP contribution in [0.3, 0.4) is 0 Å². The van der Waals surface area contributed by atoms with Gasteiger partial charge in [0.1, 0.15) is 0 Å². The van der Waals surface area contributed by atoms with Gasteiger partial charge in [-0.3, -0.25) is 9.78 Å². The molecule has 2 aromatic rings. The van der Waals surface area contributed by atoms with Crippen LogP contribution < -0.4 is 5.32 Å². The molecule has 3 nitrogen and oxygen atoms in total. The molecule has 1 aliphatic rings. The first kappa shape index (κ1) is 10.3. The standard InChI is InChI=1S/C14H14N2O/c17-14(10-4-1-5-10)16-13-8-2-7-12-11(13)6-3-9-15-12/h2-3,6-10H,1,4-5H2,(H,16,17). The Morgan fingerprint density at radius 2 is 2.12 bits per heavy atom. The third-order valence-electron chi connectivity index (χ3n) is 3.38. The van der Waals surface area contributed by atoms with Gasteiger partial charge in [0.05, 0.1) is 11.2 Å². The smallest absolute Gasteiger partial charge is 0.227 e. The molecule has 1 N–H and O–H groups in total. The summed E-state index contributed by atoms with van der Waals surface area (Å²) < 4.78 is 0. The summed E-state index contributed by atoms with van der Waals surface area (Å²) in [6.45, 7) is 0. The van der Waals surface area contributed by atoms with E-state index in [9.17, 15) is 4.79 Å². The molecule has 0 bridgehead atoms. The molecule has 1 aliphatic carbocycles. The molecule has 1 saturated carbocycles. The number of amides is 1. The molecule has 1 heterocycles. The van der Waals surface area contributed by atoms with E-state index in [2.05, 4.69) is 10.3 Å². The van der Waals surface area contributed by atoms with E-state index in [1.165, 1.54) is 6.42 Å². The van der Waals surface area contributed by atoms with Crippen LogP contribution in [0, 0.1) is 5.92 Å². The van der Waals surface area contributed by atoms with Gasteiger partial charge in [-0.15, -0.1) is 0 Å². The molecule has 1 aromatic carbocycles. The monoisotopic (exact) mass is 226 g/mol. The normalized spacial score (nSPS) is 15.5. The fourth-order valence-electron chi connectivity index (χ4n) is 2.12. The van der Waals surface area contributed by atoms with E-state index in [1.54, 1.807) is 6.20 Å². The van der Waals surface area contributed by atoms with Crippen LogP contribution in [0.2, 0.25) is 0 Å². The van der Waals surface area contributed by atoms with E-state index >= 15 is 0 Å². The largest absolute Gasteiger partial charge is 0.325 e. The predicted octanol–water partition coefficient (Wildman–Crippen LogP) is 2.97. The van der Waals surface area contributed by atoms with E-state index in [4.69, 9.17) is 0 Å². The lowest BCUT2D eigenvalue weighted by Gasteiger charge is -2.24. The highest BCUT2D eigenvalue weighted by Gasteiger charge is 2.25. The van der Waals surface area contributed by atoms with Gasteiger partial charge in [-0.2, -0.15) is 0 Å². The minimum absolute atomic E-state index is 0.146. The fraction of sp³-hybridized carbons (Fsp3) is 0.286. The summed E-state index contributed by atoms with van der Waals surface area (Å²) >= 11 is 0. The molecule has 0 saturated heterocycles. The summed E-state index contributed by atoms with van der Waals surface area (Å²) in [5, 5.41) is 4.01. The van der Waals surface area contributed by atoms with E-state index in [0.29, 0.717) is 0 Å². The fourth-order valence-corrected chi connectivity index (χ4v) is 2.12. The molecular weight excluding hydrogens is 212 g/mol. The molecule has 86 valence electrons. The lowest BCUT2D eigenvalue weighted by Crippen LogP contribution is -2.28. The minimum atomic E-state index is 0.146. The second kappa shape index (κ2) is 4.17. The predicted molar refractivity (Wildman–Crippen MR) is 67.7 cm³/mol. The summed E-state index contributed by atoms with van der Waals surface area (Å²) in [4.78, 5) is 16.2. The highest BCUT2D eigenvalue weighted by Crippen LogP contribution is 2.29. The summed E-state index contributed by atoms with van der Waals surface area (Å²) in [5.41, 5.74) is 1.78. The highest BCUT2D eigenvalue weighted by atomic mass is 16.1. The average Bonchev–Trinajstić information content (AvgIpc) is 2.27. The van der Waals surface area contributed by atoms with Gasteiger partial charge in [0.2, 0.25) is 5.91 Å². The van der Waals surface area contributed by atoms with E-state index < -0.39 is 0 Å². The first-order valence-corrected chi connectivity index (χ1v) is 5.99. The minimum Gasteiger partial charge on any atom is -0.325 e. The zero-order valence-corrected chi connectivity index (χ0v) is 9.52. The molecule has 3 rings (SSSR count). The molecule has 1 amide bonds. The number of benzene rings is 1. The van der Waals surface area contributed by atoms with Gasteiger partial charge < -0.3 is 5.32 Å². The van der Waals surface area contributed by atoms with Crippen LogP contribution in [0.5, 0.6) is 0 Å². The average molecular weight is 226 g/mol. The Balaban J connectivity index is 1.91. The second-order valence-corrected chi connectivity index (χ2v) is 4.49. The molecular formula is C14H14N2O. The van der Waals surface area contributed by atoms with Crippen molar-refractivity contribution in [3.63, 3.8) is 0 Å². The van der Waals surface area contributed by atoms with Crippen molar-refractivity contribution in [3.8, 4) is 0 Å². The topological polar surface area (TPSA) is 42.0 Å². The maximum Gasteiger partial charge on any atom is 0.227 e. The van der Waals surface area contributed by atoms with Crippen LogP contribution in [0.4, 0.5) is 5.69 Å². The van der Waals surface area contributed by atoms with Gasteiger partial charge in [-0.05, 0) is 37.1 Å². The lowest BCUT2D eigenvalue weighted by molar-refractivity contribution is -0.122. The van der Waals surface area contributed by atoms with Crippen molar-refractivity contribution in [2.24, 2.45) is 5.92 Å². The Hall–Kier alpha value is -1.90. The quantitative estimate of drug-likeness (QED) is 0.855. The Morgan fingerprint density at radius 3 is 2.88 bits per heavy atom. The molecule has 0 unspecified atom stereocenters. The van der Waals surface area contributed by atoms with Gasteiger partial charge >= 0.3 is 0 Å². The number of anilines is 1. The maximum atomic E-state index is 11.9. The van der Waals surface area contributed by atoms with Crippen LogP contribution in [0.1, 0.15) is 19.3 Å². The van der Waals surface area contributed by atoms with Crippen molar-refractivity contribution in [3.05, 3.63) is 36.5 Å². The van der Waals surface area contributed by atoms with E-state index in [1.807, 2.05) is 30.3 Å². The Labute approximate surface area is 99.9 Å². The SMILES string of the molecule is O=C(Nc1cccc2ncccc12)C1CCC1. The second-order valence-electron chi connectivity index (χ2n) is 4.49. The number of nitrogens with one attached hydrogen (secondary N) is 1. The highest BCUT2D eigenvalue weighted by molar-refractivity contribution is 6.01.